The van der Waals surface area contributed by atoms with Crippen molar-refractivity contribution in [3.63, 3.8) is 0 Å². The van der Waals surface area contributed by atoms with Crippen molar-refractivity contribution in [1.29, 1.82) is 0 Å². The number of amides is 1. The van der Waals surface area contributed by atoms with Crippen LogP contribution in [0.25, 0.3) is 0 Å². The summed E-state index contributed by atoms with van der Waals surface area (Å²) < 4.78 is 24.8. The van der Waals surface area contributed by atoms with Crippen LogP contribution in [-0.4, -0.2) is 50.0 Å². The molecule has 24 heavy (non-hydrogen) atoms. The van der Waals surface area contributed by atoms with E-state index in [0.29, 0.717) is 19.5 Å². The molecule has 2 rings (SSSR count). The second-order valence-corrected chi connectivity index (χ2v) is 8.07. The molecule has 1 aliphatic rings. The number of nitro groups is 1. The van der Waals surface area contributed by atoms with E-state index in [1.165, 1.54) is 17.0 Å². The number of benzene rings is 1. The molecule has 1 amide bonds. The van der Waals surface area contributed by atoms with E-state index in [1.807, 2.05) is 0 Å². The minimum Gasteiger partial charge on any atom is -0.338 e. The van der Waals surface area contributed by atoms with Gasteiger partial charge in [0, 0.05) is 30.7 Å². The standard InChI is InChI=1S/C14H18ClN3O5S/c1-24(22,23)16-8-10-3-2-6-17(9-10)14(19)12-5-4-11(15)7-13(12)18(20)21/h4-5,7,10,16H,2-3,6,8-9H2,1H3. The first-order valence-corrected chi connectivity index (χ1v) is 9.62. The smallest absolute Gasteiger partial charge is 0.283 e. The Bertz CT molecular complexity index is 753. The molecule has 1 fully saturated rings. The number of hydrogen-bond donors (Lipinski definition) is 1. The van der Waals surface area contributed by atoms with Gasteiger partial charge in [-0.3, -0.25) is 14.9 Å². The molecular weight excluding hydrogens is 358 g/mol. The molecule has 132 valence electrons. The minimum atomic E-state index is -3.29. The first kappa shape index (κ1) is 18.6. The number of carbonyl (C=O) groups is 1. The molecule has 8 nitrogen and oxygen atoms in total. The van der Waals surface area contributed by atoms with Gasteiger partial charge in [-0.1, -0.05) is 11.6 Å². The Labute approximate surface area is 145 Å². The maximum absolute atomic E-state index is 12.6. The molecule has 1 saturated heterocycles. The summed E-state index contributed by atoms with van der Waals surface area (Å²) in [6, 6.07) is 3.94. The highest BCUT2D eigenvalue weighted by atomic mass is 35.5. The average molecular weight is 376 g/mol. The molecule has 1 aliphatic heterocycles. The number of likely N-dealkylation sites (tertiary alicyclic amines) is 1. The van der Waals surface area contributed by atoms with Crippen LogP contribution in [0.2, 0.25) is 5.02 Å². The molecule has 0 saturated carbocycles. The fraction of sp³-hybridized carbons (Fsp3) is 0.500. The van der Waals surface area contributed by atoms with Crippen LogP contribution in [0.1, 0.15) is 23.2 Å². The van der Waals surface area contributed by atoms with Crippen LogP contribution in [0.5, 0.6) is 0 Å². The Morgan fingerprint density at radius 3 is 2.83 bits per heavy atom. The van der Waals surface area contributed by atoms with Gasteiger partial charge in [-0.2, -0.15) is 0 Å². The summed E-state index contributed by atoms with van der Waals surface area (Å²) in [6.45, 7) is 1.07. The summed E-state index contributed by atoms with van der Waals surface area (Å²) in [7, 11) is -3.29. The second kappa shape index (κ2) is 7.45. The van der Waals surface area contributed by atoms with Crippen LogP contribution in [-0.2, 0) is 10.0 Å². The number of halogens is 1. The van der Waals surface area contributed by atoms with Crippen molar-refractivity contribution < 1.29 is 18.1 Å². The zero-order chi connectivity index (χ0) is 17.9. The van der Waals surface area contributed by atoms with Gasteiger partial charge in [-0.05, 0) is 30.9 Å². The van der Waals surface area contributed by atoms with Crippen LogP contribution in [0.15, 0.2) is 18.2 Å². The van der Waals surface area contributed by atoms with Crippen molar-refractivity contribution in [3.8, 4) is 0 Å². The number of piperidine rings is 1. The van der Waals surface area contributed by atoms with Crippen molar-refractivity contribution in [2.45, 2.75) is 12.8 Å². The number of nitrogens with one attached hydrogen (secondary N) is 1. The molecule has 0 aromatic heterocycles. The van der Waals surface area contributed by atoms with Gasteiger partial charge >= 0.3 is 0 Å². The number of nitrogens with zero attached hydrogens (tertiary/aromatic N) is 2. The number of hydrogen-bond acceptors (Lipinski definition) is 5. The van der Waals surface area contributed by atoms with Crippen molar-refractivity contribution >= 4 is 33.2 Å². The Balaban J connectivity index is 2.13. The van der Waals surface area contributed by atoms with E-state index in [1.54, 1.807) is 0 Å². The predicted octanol–water partition coefficient (Wildman–Crippen LogP) is 1.65. The molecule has 0 radical (unpaired) electrons. The molecule has 1 N–H and O–H groups in total. The van der Waals surface area contributed by atoms with Gasteiger partial charge in [-0.25, -0.2) is 13.1 Å². The molecule has 1 aromatic carbocycles. The van der Waals surface area contributed by atoms with Gasteiger partial charge in [0.2, 0.25) is 10.0 Å². The summed E-state index contributed by atoms with van der Waals surface area (Å²) in [6.07, 6.45) is 2.58. The highest BCUT2D eigenvalue weighted by molar-refractivity contribution is 7.88. The summed E-state index contributed by atoms with van der Waals surface area (Å²) in [5.41, 5.74) is -0.343. The van der Waals surface area contributed by atoms with Crippen LogP contribution >= 0.6 is 11.6 Å². The third kappa shape index (κ3) is 4.89. The predicted molar refractivity (Wildman–Crippen MR) is 89.6 cm³/mol. The minimum absolute atomic E-state index is 0.0128. The highest BCUT2D eigenvalue weighted by Crippen LogP contribution is 2.26. The van der Waals surface area contributed by atoms with Crippen LogP contribution < -0.4 is 4.72 Å². The number of sulfonamides is 1. The average Bonchev–Trinajstić information content (AvgIpc) is 2.52. The van der Waals surface area contributed by atoms with Crippen molar-refractivity contribution in [3.05, 3.63) is 38.9 Å². The second-order valence-electron chi connectivity index (χ2n) is 5.80. The normalized spacial score (nSPS) is 18.4. The Kier molecular flexibility index (Phi) is 5.79. The Hall–Kier alpha value is -1.71. The fourth-order valence-corrected chi connectivity index (χ4v) is 3.40. The molecule has 10 heteroatoms. The van der Waals surface area contributed by atoms with Gasteiger partial charge in [0.15, 0.2) is 0 Å². The van der Waals surface area contributed by atoms with E-state index in [2.05, 4.69) is 4.72 Å². The summed E-state index contributed by atoms with van der Waals surface area (Å²) >= 11 is 5.76. The third-order valence-electron chi connectivity index (χ3n) is 3.83. The number of rotatable bonds is 5. The summed E-state index contributed by atoms with van der Waals surface area (Å²) in [5, 5.41) is 11.3. The summed E-state index contributed by atoms with van der Waals surface area (Å²) in [4.78, 5) is 24.6. The maximum Gasteiger partial charge on any atom is 0.283 e. The zero-order valence-corrected chi connectivity index (χ0v) is 14.6. The fourth-order valence-electron chi connectivity index (χ4n) is 2.69. The molecule has 0 spiro atoms. The lowest BCUT2D eigenvalue weighted by atomic mass is 9.97. The lowest BCUT2D eigenvalue weighted by Gasteiger charge is -2.32. The van der Waals surface area contributed by atoms with E-state index < -0.39 is 20.9 Å². The van der Waals surface area contributed by atoms with Crippen LogP contribution in [0.4, 0.5) is 5.69 Å². The quantitative estimate of drug-likeness (QED) is 0.621. The van der Waals surface area contributed by atoms with Gasteiger partial charge in [0.25, 0.3) is 11.6 Å². The SMILES string of the molecule is CS(=O)(=O)NCC1CCCN(C(=O)c2ccc(Cl)cc2[N+](=O)[O-])C1. The molecular formula is C14H18ClN3O5S. The van der Waals surface area contributed by atoms with Crippen molar-refractivity contribution in [2.24, 2.45) is 5.92 Å². The first-order valence-electron chi connectivity index (χ1n) is 7.35. The molecule has 1 aromatic rings. The monoisotopic (exact) mass is 375 g/mol. The van der Waals surface area contributed by atoms with Gasteiger partial charge in [0.05, 0.1) is 11.2 Å². The zero-order valence-electron chi connectivity index (χ0n) is 13.1. The Morgan fingerprint density at radius 1 is 1.50 bits per heavy atom. The van der Waals surface area contributed by atoms with Gasteiger partial charge < -0.3 is 4.90 Å². The molecule has 1 heterocycles. The van der Waals surface area contributed by atoms with Crippen molar-refractivity contribution in [1.82, 2.24) is 9.62 Å². The van der Waals surface area contributed by atoms with E-state index in [9.17, 15) is 23.3 Å². The largest absolute Gasteiger partial charge is 0.338 e. The first-order chi connectivity index (χ1) is 11.2. The lowest BCUT2D eigenvalue weighted by molar-refractivity contribution is -0.385. The molecule has 1 atom stereocenters. The van der Waals surface area contributed by atoms with Crippen LogP contribution in [0.3, 0.4) is 0 Å². The van der Waals surface area contributed by atoms with Crippen molar-refractivity contribution in [2.75, 3.05) is 25.9 Å². The van der Waals surface area contributed by atoms with E-state index in [0.717, 1.165) is 18.7 Å². The third-order valence-corrected chi connectivity index (χ3v) is 4.75. The topological polar surface area (TPSA) is 110 Å². The highest BCUT2D eigenvalue weighted by Gasteiger charge is 2.29. The van der Waals surface area contributed by atoms with Gasteiger partial charge in [-0.15, -0.1) is 0 Å². The van der Waals surface area contributed by atoms with E-state index >= 15 is 0 Å². The number of carbonyl (C=O) groups excluding carboxylic acids is 1. The maximum atomic E-state index is 12.6. The molecule has 1 unspecified atom stereocenters. The Morgan fingerprint density at radius 2 is 2.21 bits per heavy atom. The van der Waals surface area contributed by atoms with E-state index in [-0.39, 0.29) is 28.7 Å². The van der Waals surface area contributed by atoms with E-state index in [4.69, 9.17) is 11.6 Å². The van der Waals surface area contributed by atoms with Crippen LogP contribution in [0, 0.1) is 16.0 Å². The number of nitro benzene ring substituents is 1. The lowest BCUT2D eigenvalue weighted by Crippen LogP contribution is -2.43. The molecule has 0 bridgehead atoms. The summed E-state index contributed by atoms with van der Waals surface area (Å²) in [5.74, 6) is -0.466. The molecule has 0 aliphatic carbocycles. The van der Waals surface area contributed by atoms with Gasteiger partial charge in [0.1, 0.15) is 5.56 Å².